The summed E-state index contributed by atoms with van der Waals surface area (Å²) in [6, 6.07) is 9.79. The highest BCUT2D eigenvalue weighted by Gasteiger charge is 2.07. The first kappa shape index (κ1) is 15.1. The van der Waals surface area contributed by atoms with Gasteiger partial charge in [0.05, 0.1) is 12.6 Å². The maximum atomic E-state index is 9.92. The molecule has 0 aliphatic heterocycles. The lowest BCUT2D eigenvalue weighted by molar-refractivity contribution is 0.166. The molecule has 2 rings (SSSR count). The number of nitrogens with zero attached hydrogens (tertiary/aromatic N) is 1. The van der Waals surface area contributed by atoms with Crippen LogP contribution in [-0.2, 0) is 6.54 Å². The summed E-state index contributed by atoms with van der Waals surface area (Å²) >= 11 is 3.42. The van der Waals surface area contributed by atoms with Crippen LogP contribution in [0.15, 0.2) is 47.2 Å². The summed E-state index contributed by atoms with van der Waals surface area (Å²) in [5.74, 6) is 0.859. The van der Waals surface area contributed by atoms with Crippen LogP contribution in [0.2, 0.25) is 0 Å². The van der Waals surface area contributed by atoms with Crippen LogP contribution in [0.1, 0.15) is 31.4 Å². The van der Waals surface area contributed by atoms with Crippen molar-refractivity contribution in [3.05, 3.63) is 52.8 Å². The summed E-state index contributed by atoms with van der Waals surface area (Å²) in [5, 5.41) is 9.92. The molecule has 1 N–H and O–H groups in total. The molecule has 1 atom stereocenters. The number of hydrogen-bond donors (Lipinski definition) is 1. The molecule has 2 aromatic rings. The molecule has 4 heteroatoms. The van der Waals surface area contributed by atoms with Gasteiger partial charge in [0.25, 0.3) is 0 Å². The van der Waals surface area contributed by atoms with Crippen molar-refractivity contribution in [2.24, 2.45) is 0 Å². The van der Waals surface area contributed by atoms with E-state index < -0.39 is 0 Å². The smallest absolute Gasteiger partial charge is 0.120 e. The van der Waals surface area contributed by atoms with Gasteiger partial charge in [0.2, 0.25) is 0 Å². The first-order chi connectivity index (χ1) is 9.69. The largest absolute Gasteiger partial charge is 0.492 e. The van der Waals surface area contributed by atoms with Crippen molar-refractivity contribution in [3.63, 3.8) is 0 Å². The van der Waals surface area contributed by atoms with Gasteiger partial charge in [-0.15, -0.1) is 0 Å². The average Bonchev–Trinajstić information content (AvgIpc) is 2.88. The molecule has 0 spiro atoms. The zero-order valence-electron chi connectivity index (χ0n) is 11.6. The molecule has 0 aliphatic carbocycles. The van der Waals surface area contributed by atoms with E-state index in [-0.39, 0.29) is 6.10 Å². The summed E-state index contributed by atoms with van der Waals surface area (Å²) < 4.78 is 8.76. The minimum Gasteiger partial charge on any atom is -0.492 e. The van der Waals surface area contributed by atoms with Crippen LogP contribution in [0.3, 0.4) is 0 Å². The third kappa shape index (κ3) is 4.39. The minimum absolute atomic E-state index is 0.354. The number of hydrogen-bond acceptors (Lipinski definition) is 2. The van der Waals surface area contributed by atoms with E-state index in [9.17, 15) is 5.11 Å². The molecule has 1 aromatic carbocycles. The molecule has 0 fully saturated rings. The Morgan fingerprint density at radius 1 is 1.35 bits per heavy atom. The van der Waals surface area contributed by atoms with Crippen LogP contribution < -0.4 is 4.74 Å². The minimum atomic E-state index is -0.354. The average molecular weight is 338 g/mol. The summed E-state index contributed by atoms with van der Waals surface area (Å²) in [4.78, 5) is 0. The van der Waals surface area contributed by atoms with E-state index in [2.05, 4.69) is 22.9 Å². The highest BCUT2D eigenvalue weighted by molar-refractivity contribution is 9.10. The molecule has 20 heavy (non-hydrogen) atoms. The normalized spacial score (nSPS) is 12.3. The van der Waals surface area contributed by atoms with Crippen molar-refractivity contribution in [1.82, 2.24) is 4.57 Å². The van der Waals surface area contributed by atoms with Gasteiger partial charge in [0.15, 0.2) is 0 Å². The van der Waals surface area contributed by atoms with Gasteiger partial charge in [-0.05, 0) is 36.2 Å². The number of aliphatic hydroxyl groups is 1. The summed E-state index contributed by atoms with van der Waals surface area (Å²) in [7, 11) is 0. The fourth-order valence-corrected chi connectivity index (χ4v) is 2.44. The Hall–Kier alpha value is -1.26. The molecule has 0 amide bonds. The molecule has 3 nitrogen and oxygen atoms in total. The number of ether oxygens (including phenoxy) is 1. The second kappa shape index (κ2) is 7.50. The molecule has 0 bridgehead atoms. The fourth-order valence-electron chi connectivity index (χ4n) is 2.06. The quantitative estimate of drug-likeness (QED) is 0.822. The van der Waals surface area contributed by atoms with Gasteiger partial charge in [-0.25, -0.2) is 0 Å². The van der Waals surface area contributed by atoms with Crippen molar-refractivity contribution in [2.75, 3.05) is 6.61 Å². The van der Waals surface area contributed by atoms with Crippen LogP contribution >= 0.6 is 15.9 Å². The Balaban J connectivity index is 1.82. The Bertz CT molecular complexity index is 539. The van der Waals surface area contributed by atoms with E-state index >= 15 is 0 Å². The van der Waals surface area contributed by atoms with E-state index in [0.29, 0.717) is 6.61 Å². The number of benzene rings is 1. The molecular formula is C16H20BrNO2. The molecular weight excluding hydrogens is 318 g/mol. The molecule has 1 unspecified atom stereocenters. The molecule has 0 radical (unpaired) electrons. The van der Waals surface area contributed by atoms with E-state index in [1.807, 2.05) is 47.3 Å². The summed E-state index contributed by atoms with van der Waals surface area (Å²) in [5.41, 5.74) is 0.981. The van der Waals surface area contributed by atoms with Crippen molar-refractivity contribution >= 4 is 15.9 Å². The van der Waals surface area contributed by atoms with Gasteiger partial charge in [0, 0.05) is 16.9 Å². The van der Waals surface area contributed by atoms with Gasteiger partial charge < -0.3 is 14.4 Å². The van der Waals surface area contributed by atoms with Crippen LogP contribution in [0.4, 0.5) is 0 Å². The lowest BCUT2D eigenvalue weighted by Crippen LogP contribution is -2.06. The lowest BCUT2D eigenvalue weighted by atomic mass is 10.1. The zero-order chi connectivity index (χ0) is 14.4. The monoisotopic (exact) mass is 337 g/mol. The highest BCUT2D eigenvalue weighted by atomic mass is 79.9. The van der Waals surface area contributed by atoms with Crippen molar-refractivity contribution in [2.45, 2.75) is 32.4 Å². The Kier molecular flexibility index (Phi) is 5.68. The molecule has 108 valence electrons. The van der Waals surface area contributed by atoms with E-state index in [1.165, 1.54) is 0 Å². The van der Waals surface area contributed by atoms with Gasteiger partial charge in [-0.2, -0.15) is 0 Å². The molecule has 0 saturated carbocycles. The predicted octanol–water partition coefficient (Wildman–Crippen LogP) is 4.16. The van der Waals surface area contributed by atoms with Gasteiger partial charge in [-0.1, -0.05) is 35.3 Å². The Morgan fingerprint density at radius 2 is 2.20 bits per heavy atom. The SMILES string of the molecule is CCCC(O)c1ccn(CCOc2cccc(Br)c2)c1. The molecule has 1 aromatic heterocycles. The maximum Gasteiger partial charge on any atom is 0.120 e. The molecule has 0 aliphatic rings. The second-order valence-corrected chi connectivity index (χ2v) is 5.71. The van der Waals surface area contributed by atoms with Crippen molar-refractivity contribution < 1.29 is 9.84 Å². The van der Waals surface area contributed by atoms with Gasteiger partial charge in [0.1, 0.15) is 12.4 Å². The molecule has 0 saturated heterocycles. The van der Waals surface area contributed by atoms with Crippen molar-refractivity contribution in [3.8, 4) is 5.75 Å². The first-order valence-electron chi connectivity index (χ1n) is 6.91. The Morgan fingerprint density at radius 3 is 2.95 bits per heavy atom. The predicted molar refractivity (Wildman–Crippen MR) is 83.9 cm³/mol. The molecule has 1 heterocycles. The van der Waals surface area contributed by atoms with Gasteiger partial charge >= 0.3 is 0 Å². The third-order valence-electron chi connectivity index (χ3n) is 3.13. The van der Waals surface area contributed by atoms with E-state index in [4.69, 9.17) is 4.74 Å². The van der Waals surface area contributed by atoms with Crippen LogP contribution in [0.5, 0.6) is 5.75 Å². The van der Waals surface area contributed by atoms with Gasteiger partial charge in [-0.3, -0.25) is 0 Å². The van der Waals surface area contributed by atoms with Crippen LogP contribution in [0, 0.1) is 0 Å². The topological polar surface area (TPSA) is 34.4 Å². The second-order valence-electron chi connectivity index (χ2n) is 4.79. The van der Waals surface area contributed by atoms with Crippen LogP contribution in [0.25, 0.3) is 0 Å². The standard InChI is InChI=1S/C16H20BrNO2/c1-2-4-16(19)13-7-8-18(12-13)9-10-20-15-6-3-5-14(17)11-15/h3,5-8,11-12,16,19H,2,4,9-10H2,1H3. The lowest BCUT2D eigenvalue weighted by Gasteiger charge is -2.08. The number of rotatable bonds is 7. The zero-order valence-corrected chi connectivity index (χ0v) is 13.2. The number of aliphatic hydroxyl groups excluding tert-OH is 1. The summed E-state index contributed by atoms with van der Waals surface area (Å²) in [6.45, 7) is 3.45. The maximum absolute atomic E-state index is 9.92. The van der Waals surface area contributed by atoms with E-state index in [0.717, 1.165) is 35.2 Å². The number of aromatic nitrogens is 1. The number of halogens is 1. The fraction of sp³-hybridized carbons (Fsp3) is 0.375. The highest BCUT2D eigenvalue weighted by Crippen LogP contribution is 2.19. The Labute approximate surface area is 128 Å². The first-order valence-corrected chi connectivity index (χ1v) is 7.70. The van der Waals surface area contributed by atoms with Crippen LogP contribution in [-0.4, -0.2) is 16.3 Å². The van der Waals surface area contributed by atoms with E-state index in [1.54, 1.807) is 0 Å². The summed E-state index contributed by atoms with van der Waals surface area (Å²) in [6.07, 6.45) is 5.41. The van der Waals surface area contributed by atoms with Crippen molar-refractivity contribution in [1.29, 1.82) is 0 Å². The third-order valence-corrected chi connectivity index (χ3v) is 3.63.